The van der Waals surface area contributed by atoms with Gasteiger partial charge in [0.15, 0.2) is 12.6 Å². The van der Waals surface area contributed by atoms with Crippen molar-refractivity contribution >= 4 is 0 Å². The first kappa shape index (κ1) is 45.9. The third-order valence-electron chi connectivity index (χ3n) is 10.4. The zero-order valence-corrected chi connectivity index (χ0v) is 34.1. The van der Waals surface area contributed by atoms with Gasteiger partial charge in [0.1, 0.15) is 0 Å². The van der Waals surface area contributed by atoms with Gasteiger partial charge >= 0.3 is 0 Å². The molecule has 0 N–H and O–H groups in total. The molecule has 2 saturated heterocycles. The molecule has 5 nitrogen and oxygen atoms in total. The van der Waals surface area contributed by atoms with Crippen molar-refractivity contribution in [2.24, 2.45) is 5.92 Å². The Kier molecular flexibility index (Phi) is 30.0. The van der Waals surface area contributed by atoms with E-state index in [1.165, 1.54) is 141 Å². The van der Waals surface area contributed by atoms with Gasteiger partial charge in [-0.25, -0.2) is 0 Å². The van der Waals surface area contributed by atoms with Gasteiger partial charge in [-0.1, -0.05) is 140 Å². The van der Waals surface area contributed by atoms with Crippen LogP contribution in [0.5, 0.6) is 0 Å². The summed E-state index contributed by atoms with van der Waals surface area (Å²) in [7, 11) is 4.28. The van der Waals surface area contributed by atoms with Crippen molar-refractivity contribution in [3.63, 3.8) is 0 Å². The van der Waals surface area contributed by atoms with Gasteiger partial charge in [0.05, 0.1) is 25.4 Å². The maximum Gasteiger partial charge on any atom is 0.158 e. The molecule has 2 rings (SSSR count). The summed E-state index contributed by atoms with van der Waals surface area (Å²) in [5.74, 6) is 0.265. The van der Waals surface area contributed by atoms with Gasteiger partial charge in [-0.05, 0) is 104 Å². The lowest BCUT2D eigenvalue weighted by molar-refractivity contribution is -0.104. The molecule has 0 bridgehead atoms. The largest absolute Gasteiger partial charge is 0.350 e. The molecule has 0 radical (unpaired) electrons. The Balaban J connectivity index is 1.47. The highest BCUT2D eigenvalue weighted by Crippen LogP contribution is 2.31. The average Bonchev–Trinajstić information content (AvgIpc) is 3.80. The molecule has 0 spiro atoms. The quantitative estimate of drug-likeness (QED) is 0.0490. The first-order chi connectivity index (χ1) is 25.1. The van der Waals surface area contributed by atoms with Crippen molar-refractivity contribution in [2.75, 3.05) is 33.9 Å². The van der Waals surface area contributed by atoms with Crippen LogP contribution in [0.15, 0.2) is 48.6 Å². The summed E-state index contributed by atoms with van der Waals surface area (Å²) in [6, 6.07) is 0. The Morgan fingerprint density at radius 1 is 0.471 bits per heavy atom. The number of allylic oxidation sites excluding steroid dienone is 8. The highest BCUT2D eigenvalue weighted by atomic mass is 16.7. The van der Waals surface area contributed by atoms with Gasteiger partial charge < -0.3 is 23.8 Å². The molecule has 0 amide bonds. The van der Waals surface area contributed by atoms with Crippen molar-refractivity contribution in [1.29, 1.82) is 0 Å². The van der Waals surface area contributed by atoms with Gasteiger partial charge in [-0.15, -0.1) is 0 Å². The van der Waals surface area contributed by atoms with E-state index in [0.717, 1.165) is 32.2 Å². The second-order valence-corrected chi connectivity index (χ2v) is 15.5. The minimum Gasteiger partial charge on any atom is -0.350 e. The second-order valence-electron chi connectivity index (χ2n) is 15.5. The summed E-state index contributed by atoms with van der Waals surface area (Å²) in [5.41, 5.74) is 0. The lowest BCUT2D eigenvalue weighted by Crippen LogP contribution is -2.42. The molecule has 2 aliphatic heterocycles. The van der Waals surface area contributed by atoms with Gasteiger partial charge in [-0.3, -0.25) is 0 Å². The van der Waals surface area contributed by atoms with E-state index in [-0.39, 0.29) is 30.7 Å². The summed E-state index contributed by atoms with van der Waals surface area (Å²) < 4.78 is 25.3. The predicted octanol–water partition coefficient (Wildman–Crippen LogP) is 13.1. The Bertz CT molecular complexity index is 816. The fraction of sp³-hybridized carbons (Fsp3) is 0.826. The van der Waals surface area contributed by atoms with Gasteiger partial charge in [0.2, 0.25) is 0 Å². The minimum atomic E-state index is -0.0677. The summed E-state index contributed by atoms with van der Waals surface area (Å²) in [6.45, 7) is 6.79. The molecule has 2 heterocycles. The normalized spacial score (nSPS) is 22.0. The highest BCUT2D eigenvalue weighted by molar-refractivity contribution is 4.93. The monoisotopic (exact) mass is 714 g/mol. The van der Waals surface area contributed by atoms with Crippen LogP contribution in [0.4, 0.5) is 0 Å². The molecule has 296 valence electrons. The van der Waals surface area contributed by atoms with Crippen LogP contribution >= 0.6 is 0 Å². The van der Waals surface area contributed by atoms with Crippen molar-refractivity contribution < 1.29 is 18.9 Å². The smallest absolute Gasteiger partial charge is 0.158 e. The van der Waals surface area contributed by atoms with Gasteiger partial charge in [0, 0.05) is 12.5 Å². The molecule has 0 aliphatic carbocycles. The Hall–Kier alpha value is -1.24. The number of rotatable bonds is 34. The Morgan fingerprint density at radius 2 is 0.824 bits per heavy atom. The summed E-state index contributed by atoms with van der Waals surface area (Å²) in [5, 5.41) is 0. The van der Waals surface area contributed by atoms with Crippen LogP contribution in [0, 0.1) is 5.92 Å². The molecule has 0 saturated carbocycles. The number of hydrogen-bond acceptors (Lipinski definition) is 5. The zero-order valence-electron chi connectivity index (χ0n) is 34.1. The average molecular weight is 714 g/mol. The fourth-order valence-corrected chi connectivity index (χ4v) is 7.20. The molecule has 4 unspecified atom stereocenters. The van der Waals surface area contributed by atoms with Crippen LogP contribution < -0.4 is 0 Å². The van der Waals surface area contributed by atoms with E-state index in [4.69, 9.17) is 18.9 Å². The molecule has 51 heavy (non-hydrogen) atoms. The van der Waals surface area contributed by atoms with Crippen molar-refractivity contribution in [3.8, 4) is 0 Å². The van der Waals surface area contributed by atoms with Crippen molar-refractivity contribution in [3.05, 3.63) is 48.6 Å². The zero-order chi connectivity index (χ0) is 36.5. The molecule has 0 aromatic heterocycles. The molecular formula is C46H83NO4. The third kappa shape index (κ3) is 25.4. The number of hydrogen-bond donors (Lipinski definition) is 0. The maximum atomic E-state index is 6.49. The van der Waals surface area contributed by atoms with E-state index < -0.39 is 0 Å². The molecule has 2 fully saturated rings. The SMILES string of the molecule is CCCCC/C=C\C/C=C\CCCCCCCCC1OCC(C(CN(C)C)C2COC(CCCCCCCC/C=C\C/C=C\CCCCC)O2)O1. The van der Waals surface area contributed by atoms with Crippen LogP contribution in [0.3, 0.4) is 0 Å². The molecule has 5 heteroatoms. The van der Waals surface area contributed by atoms with Crippen LogP contribution in [-0.4, -0.2) is 63.5 Å². The number of nitrogens with zero attached hydrogens (tertiary/aromatic N) is 1. The third-order valence-corrected chi connectivity index (χ3v) is 10.4. The van der Waals surface area contributed by atoms with E-state index >= 15 is 0 Å². The van der Waals surface area contributed by atoms with Gasteiger partial charge in [0.25, 0.3) is 0 Å². The van der Waals surface area contributed by atoms with Crippen LogP contribution in [-0.2, 0) is 18.9 Å². The molecular weight excluding hydrogens is 631 g/mol. The summed E-state index contributed by atoms with van der Waals surface area (Å²) >= 11 is 0. The van der Waals surface area contributed by atoms with E-state index in [1.54, 1.807) is 0 Å². The predicted molar refractivity (Wildman–Crippen MR) is 219 cm³/mol. The molecule has 0 aromatic rings. The number of ether oxygens (including phenoxy) is 4. The van der Waals surface area contributed by atoms with Crippen molar-refractivity contribution in [1.82, 2.24) is 4.90 Å². The molecule has 2 aliphatic rings. The topological polar surface area (TPSA) is 40.2 Å². The van der Waals surface area contributed by atoms with E-state index in [1.807, 2.05) is 0 Å². The fourth-order valence-electron chi connectivity index (χ4n) is 7.20. The lowest BCUT2D eigenvalue weighted by atomic mass is 9.96. The van der Waals surface area contributed by atoms with Gasteiger partial charge in [-0.2, -0.15) is 0 Å². The number of unbranched alkanes of at least 4 members (excludes halogenated alkanes) is 18. The standard InChI is InChI=1S/C46H83NO4/c1-5-7-9-11-13-15-17-19-21-23-25-27-29-31-33-35-37-45-48-40-43(50-45)42(39-47(3)4)44-41-49-46(51-44)38-36-34-32-30-28-26-24-22-20-18-16-14-12-10-8-6-2/h13-16,19-22,42-46H,5-12,17-18,23-41H2,1-4H3/b15-13-,16-14-,21-19-,22-20-. The molecule has 0 aromatic carbocycles. The molecule has 4 atom stereocenters. The lowest BCUT2D eigenvalue weighted by Gasteiger charge is -2.29. The first-order valence-corrected chi connectivity index (χ1v) is 21.9. The second kappa shape index (κ2) is 33.3. The summed E-state index contributed by atoms with van der Waals surface area (Å²) in [6.07, 6.45) is 51.3. The van der Waals surface area contributed by atoms with Crippen LogP contribution in [0.25, 0.3) is 0 Å². The highest BCUT2D eigenvalue weighted by Gasteiger charge is 2.41. The maximum absolute atomic E-state index is 6.49. The van der Waals surface area contributed by atoms with E-state index in [2.05, 4.69) is 81.5 Å². The van der Waals surface area contributed by atoms with Crippen LogP contribution in [0.1, 0.15) is 181 Å². The Morgan fingerprint density at radius 3 is 1.20 bits per heavy atom. The first-order valence-electron chi connectivity index (χ1n) is 21.9. The summed E-state index contributed by atoms with van der Waals surface area (Å²) in [4.78, 5) is 2.25. The van der Waals surface area contributed by atoms with E-state index in [0.29, 0.717) is 13.2 Å². The Labute approximate surface area is 317 Å². The minimum absolute atomic E-state index is 0.0677. The van der Waals surface area contributed by atoms with Crippen molar-refractivity contribution in [2.45, 2.75) is 206 Å². The van der Waals surface area contributed by atoms with E-state index in [9.17, 15) is 0 Å². The van der Waals surface area contributed by atoms with Crippen LogP contribution in [0.2, 0.25) is 0 Å².